The van der Waals surface area contributed by atoms with Gasteiger partial charge in [0.25, 0.3) is 0 Å². The van der Waals surface area contributed by atoms with E-state index in [2.05, 4.69) is 58.1 Å². The number of benzene rings is 2. The van der Waals surface area contributed by atoms with Crippen LogP contribution in [0.15, 0.2) is 65.7 Å². The molecule has 1 aromatic heterocycles. The molecular weight excluding hydrogens is 394 g/mol. The Morgan fingerprint density at radius 3 is 2.77 bits per heavy atom. The summed E-state index contributed by atoms with van der Waals surface area (Å²) in [7, 11) is 0. The van der Waals surface area contributed by atoms with Crippen molar-refractivity contribution in [1.29, 1.82) is 0 Å². The number of hydrogen-bond donors (Lipinski definition) is 3. The molecule has 30 heavy (non-hydrogen) atoms. The van der Waals surface area contributed by atoms with Gasteiger partial charge in [0, 0.05) is 35.2 Å². The standard InChI is InChI=1S/C24H29N3O2S/c1-2-25-24(26-15-19-12-13-29-23(19)17-8-4-3-5-9-17)27-16-20(28)22-14-18-10-6-7-11-21(18)30-22/h3-11,14,19-20,23,28H,2,12-13,15-16H2,1H3,(H2,25,26,27). The van der Waals surface area contributed by atoms with Gasteiger partial charge in [-0.3, -0.25) is 4.99 Å². The Morgan fingerprint density at radius 2 is 1.97 bits per heavy atom. The first kappa shape index (κ1) is 20.8. The van der Waals surface area contributed by atoms with E-state index in [1.807, 2.05) is 25.1 Å². The lowest BCUT2D eigenvalue weighted by Crippen LogP contribution is -2.40. The number of aliphatic hydroxyl groups is 1. The molecule has 3 N–H and O–H groups in total. The Balaban J connectivity index is 1.37. The lowest BCUT2D eigenvalue weighted by molar-refractivity contribution is 0.0915. The third kappa shape index (κ3) is 5.01. The molecule has 1 aliphatic heterocycles. The van der Waals surface area contributed by atoms with Crippen LogP contribution in [0.5, 0.6) is 0 Å². The number of hydrogen-bond acceptors (Lipinski definition) is 4. The molecule has 3 atom stereocenters. The Morgan fingerprint density at radius 1 is 1.17 bits per heavy atom. The van der Waals surface area contributed by atoms with Crippen LogP contribution in [0.4, 0.5) is 0 Å². The predicted octanol–water partition coefficient (Wildman–Crippen LogP) is 4.27. The van der Waals surface area contributed by atoms with Gasteiger partial charge in [-0.05, 0) is 36.4 Å². The van der Waals surface area contributed by atoms with Crippen LogP contribution >= 0.6 is 11.3 Å². The van der Waals surface area contributed by atoms with E-state index in [-0.39, 0.29) is 6.10 Å². The highest BCUT2D eigenvalue weighted by atomic mass is 32.1. The summed E-state index contributed by atoms with van der Waals surface area (Å²) in [5.41, 5.74) is 1.23. The van der Waals surface area contributed by atoms with E-state index in [4.69, 9.17) is 4.74 Å². The summed E-state index contributed by atoms with van der Waals surface area (Å²) in [6.45, 7) is 4.71. The minimum Gasteiger partial charge on any atom is -0.386 e. The minimum absolute atomic E-state index is 0.116. The lowest BCUT2D eigenvalue weighted by Gasteiger charge is -2.21. The molecule has 0 amide bonds. The summed E-state index contributed by atoms with van der Waals surface area (Å²) in [6, 6.07) is 20.7. The number of guanidine groups is 1. The second-order valence-electron chi connectivity index (χ2n) is 7.55. The van der Waals surface area contributed by atoms with Gasteiger partial charge in [0.2, 0.25) is 0 Å². The molecule has 1 aliphatic rings. The molecule has 0 radical (unpaired) electrons. The summed E-state index contributed by atoms with van der Waals surface area (Å²) < 4.78 is 7.18. The molecule has 2 aromatic carbocycles. The van der Waals surface area contributed by atoms with E-state index in [1.165, 1.54) is 15.6 Å². The quantitative estimate of drug-likeness (QED) is 0.392. The molecule has 2 heterocycles. The van der Waals surface area contributed by atoms with Gasteiger partial charge >= 0.3 is 0 Å². The van der Waals surface area contributed by atoms with Gasteiger partial charge in [0.15, 0.2) is 5.96 Å². The molecule has 0 aliphatic carbocycles. The van der Waals surface area contributed by atoms with Crippen molar-refractivity contribution in [2.24, 2.45) is 10.9 Å². The third-order valence-corrected chi connectivity index (χ3v) is 6.63. The average Bonchev–Trinajstić information content (AvgIpc) is 3.43. The van der Waals surface area contributed by atoms with Crippen molar-refractivity contribution >= 4 is 27.4 Å². The number of rotatable bonds is 7. The van der Waals surface area contributed by atoms with Crippen LogP contribution in [0.2, 0.25) is 0 Å². The molecule has 5 nitrogen and oxygen atoms in total. The van der Waals surface area contributed by atoms with Crippen molar-refractivity contribution in [2.45, 2.75) is 25.6 Å². The molecular formula is C24H29N3O2S. The first-order valence-corrected chi connectivity index (χ1v) is 11.4. The summed E-state index contributed by atoms with van der Waals surface area (Å²) in [5.74, 6) is 1.13. The molecule has 158 valence electrons. The maximum atomic E-state index is 10.6. The zero-order valence-corrected chi connectivity index (χ0v) is 18.1. The number of thiophene rings is 1. The van der Waals surface area contributed by atoms with Crippen molar-refractivity contribution in [1.82, 2.24) is 10.6 Å². The minimum atomic E-state index is -0.607. The zero-order valence-electron chi connectivity index (χ0n) is 17.3. The van der Waals surface area contributed by atoms with Gasteiger partial charge in [-0.2, -0.15) is 0 Å². The summed E-state index contributed by atoms with van der Waals surface area (Å²) in [5, 5.41) is 18.5. The van der Waals surface area contributed by atoms with Crippen LogP contribution in [0.1, 0.15) is 36.0 Å². The molecule has 1 saturated heterocycles. The molecule has 3 aromatic rings. The van der Waals surface area contributed by atoms with Crippen LogP contribution in [0.3, 0.4) is 0 Å². The van der Waals surface area contributed by atoms with Crippen molar-refractivity contribution in [3.05, 3.63) is 71.1 Å². The van der Waals surface area contributed by atoms with E-state index in [1.54, 1.807) is 11.3 Å². The highest BCUT2D eigenvalue weighted by molar-refractivity contribution is 7.19. The maximum Gasteiger partial charge on any atom is 0.191 e. The van der Waals surface area contributed by atoms with Gasteiger partial charge < -0.3 is 20.5 Å². The number of nitrogens with one attached hydrogen (secondary N) is 2. The normalized spacial score (nSPS) is 20.4. The molecule has 1 fully saturated rings. The van der Waals surface area contributed by atoms with Crippen molar-refractivity contribution < 1.29 is 9.84 Å². The summed E-state index contributed by atoms with van der Waals surface area (Å²) >= 11 is 1.63. The van der Waals surface area contributed by atoms with Crippen LogP contribution in [0, 0.1) is 5.92 Å². The average molecular weight is 424 g/mol. The van der Waals surface area contributed by atoms with E-state index < -0.39 is 6.10 Å². The monoisotopic (exact) mass is 423 g/mol. The summed E-state index contributed by atoms with van der Waals surface area (Å²) in [6.07, 6.45) is 0.534. The van der Waals surface area contributed by atoms with Crippen LogP contribution in [-0.4, -0.2) is 37.3 Å². The molecule has 0 bridgehead atoms. The number of ether oxygens (including phenoxy) is 1. The fourth-order valence-corrected chi connectivity index (χ4v) is 4.90. The Bertz CT molecular complexity index is 940. The fourth-order valence-electron chi connectivity index (χ4n) is 3.86. The van der Waals surface area contributed by atoms with Gasteiger partial charge in [-0.15, -0.1) is 11.3 Å². The second kappa shape index (κ2) is 10.1. The number of aliphatic imine (C=N–C) groups is 1. The van der Waals surface area contributed by atoms with Crippen LogP contribution in [0.25, 0.3) is 10.1 Å². The maximum absolute atomic E-state index is 10.6. The zero-order chi connectivity index (χ0) is 20.8. The van der Waals surface area contributed by atoms with E-state index in [0.29, 0.717) is 12.5 Å². The second-order valence-corrected chi connectivity index (χ2v) is 8.67. The van der Waals surface area contributed by atoms with Crippen LogP contribution < -0.4 is 10.6 Å². The largest absolute Gasteiger partial charge is 0.386 e. The van der Waals surface area contributed by atoms with Crippen molar-refractivity contribution in [2.75, 3.05) is 26.2 Å². The predicted molar refractivity (Wildman–Crippen MR) is 124 cm³/mol. The first-order chi connectivity index (χ1) is 14.7. The first-order valence-electron chi connectivity index (χ1n) is 10.6. The van der Waals surface area contributed by atoms with Crippen LogP contribution in [-0.2, 0) is 4.74 Å². The van der Waals surface area contributed by atoms with Gasteiger partial charge in [-0.25, -0.2) is 0 Å². The highest BCUT2D eigenvalue weighted by Crippen LogP contribution is 2.34. The number of nitrogens with zero attached hydrogens (tertiary/aromatic N) is 1. The van der Waals surface area contributed by atoms with E-state index >= 15 is 0 Å². The fraction of sp³-hybridized carbons (Fsp3) is 0.375. The smallest absolute Gasteiger partial charge is 0.191 e. The lowest BCUT2D eigenvalue weighted by atomic mass is 9.95. The van der Waals surface area contributed by atoms with Gasteiger partial charge in [0.1, 0.15) is 6.10 Å². The van der Waals surface area contributed by atoms with Gasteiger partial charge in [-0.1, -0.05) is 48.5 Å². The highest BCUT2D eigenvalue weighted by Gasteiger charge is 2.29. The number of fused-ring (bicyclic) bond motifs is 1. The van der Waals surface area contributed by atoms with E-state index in [9.17, 15) is 5.11 Å². The topological polar surface area (TPSA) is 65.9 Å². The van der Waals surface area contributed by atoms with Gasteiger partial charge in [0.05, 0.1) is 12.6 Å². The Labute approximate surface area is 181 Å². The molecule has 6 heteroatoms. The van der Waals surface area contributed by atoms with Crippen molar-refractivity contribution in [3.63, 3.8) is 0 Å². The Kier molecular flexibility index (Phi) is 7.00. The van der Waals surface area contributed by atoms with Crippen molar-refractivity contribution in [3.8, 4) is 0 Å². The number of aliphatic hydroxyl groups excluding tert-OH is 1. The molecule has 3 unspecified atom stereocenters. The SMILES string of the molecule is CCNC(=NCC(O)c1cc2ccccc2s1)NCC1CCOC1c1ccccc1. The molecule has 0 saturated carbocycles. The Hall–Kier alpha value is -2.41. The summed E-state index contributed by atoms with van der Waals surface area (Å²) in [4.78, 5) is 5.58. The third-order valence-electron chi connectivity index (χ3n) is 5.41. The molecule has 4 rings (SSSR count). The molecule has 0 spiro atoms. The van der Waals surface area contributed by atoms with E-state index in [0.717, 1.165) is 37.0 Å².